The van der Waals surface area contributed by atoms with Gasteiger partial charge < -0.3 is 10.1 Å². The molecule has 21 heavy (non-hydrogen) atoms. The van der Waals surface area contributed by atoms with Gasteiger partial charge in [0.05, 0.1) is 0 Å². The predicted octanol–water partition coefficient (Wildman–Crippen LogP) is 5.02. The van der Waals surface area contributed by atoms with Crippen molar-refractivity contribution in [2.24, 2.45) is 5.92 Å². The quantitative estimate of drug-likeness (QED) is 0.790. The van der Waals surface area contributed by atoms with Crippen LogP contribution in [0.25, 0.3) is 0 Å². The summed E-state index contributed by atoms with van der Waals surface area (Å²) in [5, 5.41) is 3.25. The Labute approximate surface area is 131 Å². The summed E-state index contributed by atoms with van der Waals surface area (Å²) < 4.78 is 41.9. The number of halogens is 4. The van der Waals surface area contributed by atoms with Crippen molar-refractivity contribution in [2.45, 2.75) is 45.0 Å². The van der Waals surface area contributed by atoms with Crippen molar-refractivity contribution >= 4 is 15.9 Å². The fourth-order valence-corrected chi connectivity index (χ4v) is 3.04. The highest BCUT2D eigenvalue weighted by Crippen LogP contribution is 2.29. The highest BCUT2D eigenvalue weighted by Gasteiger charge is 2.32. The molecule has 1 N–H and O–H groups in total. The molecule has 0 atom stereocenters. The second-order valence-electron chi connectivity index (χ2n) is 5.43. The lowest BCUT2D eigenvalue weighted by molar-refractivity contribution is -0.274. The van der Waals surface area contributed by atoms with Crippen LogP contribution in [0.5, 0.6) is 5.75 Å². The summed E-state index contributed by atoms with van der Waals surface area (Å²) >= 11 is 3.17. The molecule has 1 aromatic rings. The average molecular weight is 366 g/mol. The number of alkyl halides is 3. The number of ether oxygens (including phenoxy) is 1. The van der Waals surface area contributed by atoms with E-state index < -0.39 is 6.36 Å². The largest absolute Gasteiger partial charge is 0.573 e. The first-order valence-corrected chi connectivity index (χ1v) is 7.98. The zero-order valence-electron chi connectivity index (χ0n) is 11.7. The van der Waals surface area contributed by atoms with Crippen molar-refractivity contribution in [1.29, 1.82) is 0 Å². The lowest BCUT2D eigenvalue weighted by atomic mass is 9.89. The Bertz CT molecular complexity index is 459. The third kappa shape index (κ3) is 5.87. The Morgan fingerprint density at radius 1 is 1.19 bits per heavy atom. The van der Waals surface area contributed by atoms with Gasteiger partial charge in [-0.1, -0.05) is 41.3 Å². The molecule has 0 heterocycles. The Hall–Kier alpha value is -0.750. The van der Waals surface area contributed by atoms with E-state index in [1.807, 2.05) is 0 Å². The zero-order valence-corrected chi connectivity index (χ0v) is 13.3. The Morgan fingerprint density at radius 3 is 2.57 bits per heavy atom. The van der Waals surface area contributed by atoms with E-state index >= 15 is 0 Å². The molecule has 1 aliphatic rings. The maximum Gasteiger partial charge on any atom is 0.573 e. The van der Waals surface area contributed by atoms with Gasteiger partial charge in [0.2, 0.25) is 0 Å². The number of rotatable bonds is 5. The number of nitrogens with one attached hydrogen (secondary N) is 1. The molecule has 118 valence electrons. The van der Waals surface area contributed by atoms with Gasteiger partial charge in [-0.25, -0.2) is 0 Å². The SMILES string of the molecule is FC(F)(F)Oc1cc(Br)ccc1CNCC1CCCCC1. The molecule has 0 unspecified atom stereocenters. The van der Waals surface area contributed by atoms with Crippen LogP contribution in [0, 0.1) is 5.92 Å². The molecule has 0 bridgehead atoms. The van der Waals surface area contributed by atoms with Crippen LogP contribution < -0.4 is 10.1 Å². The second-order valence-corrected chi connectivity index (χ2v) is 6.35. The van der Waals surface area contributed by atoms with Gasteiger partial charge in [-0.05, 0) is 37.4 Å². The zero-order chi connectivity index (χ0) is 15.3. The van der Waals surface area contributed by atoms with Crippen LogP contribution in [0.3, 0.4) is 0 Å². The van der Waals surface area contributed by atoms with Crippen molar-refractivity contribution in [1.82, 2.24) is 5.32 Å². The first-order chi connectivity index (χ1) is 9.94. The van der Waals surface area contributed by atoms with Gasteiger partial charge in [-0.3, -0.25) is 0 Å². The molecule has 1 saturated carbocycles. The van der Waals surface area contributed by atoms with E-state index in [1.165, 1.54) is 38.2 Å². The van der Waals surface area contributed by atoms with Gasteiger partial charge in [0.1, 0.15) is 5.75 Å². The predicted molar refractivity (Wildman–Crippen MR) is 79.1 cm³/mol. The summed E-state index contributed by atoms with van der Waals surface area (Å²) in [6.07, 6.45) is 1.56. The van der Waals surface area contributed by atoms with E-state index in [9.17, 15) is 13.2 Å². The molecule has 2 nitrogen and oxygen atoms in total. The van der Waals surface area contributed by atoms with E-state index in [2.05, 4.69) is 26.0 Å². The Kier molecular flexibility index (Phi) is 5.93. The molecule has 0 radical (unpaired) electrons. The van der Waals surface area contributed by atoms with Crippen molar-refractivity contribution in [2.75, 3.05) is 6.54 Å². The Morgan fingerprint density at radius 2 is 1.90 bits per heavy atom. The van der Waals surface area contributed by atoms with E-state index in [0.29, 0.717) is 22.5 Å². The number of hydrogen-bond donors (Lipinski definition) is 1. The van der Waals surface area contributed by atoms with Gasteiger partial charge in [0, 0.05) is 16.6 Å². The number of benzene rings is 1. The van der Waals surface area contributed by atoms with Gasteiger partial charge in [-0.15, -0.1) is 13.2 Å². The highest BCUT2D eigenvalue weighted by molar-refractivity contribution is 9.10. The molecular formula is C15H19BrF3NO. The third-order valence-corrected chi connectivity index (χ3v) is 4.22. The third-order valence-electron chi connectivity index (χ3n) is 3.73. The minimum absolute atomic E-state index is 0.145. The van der Waals surface area contributed by atoms with Gasteiger partial charge in [0.25, 0.3) is 0 Å². The van der Waals surface area contributed by atoms with Crippen LogP contribution in [-0.4, -0.2) is 12.9 Å². The van der Waals surface area contributed by atoms with Crippen molar-refractivity contribution in [3.63, 3.8) is 0 Å². The fourth-order valence-electron chi connectivity index (χ4n) is 2.70. The first kappa shape index (κ1) is 16.6. The van der Waals surface area contributed by atoms with Crippen LogP contribution in [0.15, 0.2) is 22.7 Å². The highest BCUT2D eigenvalue weighted by atomic mass is 79.9. The van der Waals surface area contributed by atoms with Crippen LogP contribution in [0.2, 0.25) is 0 Å². The summed E-state index contributed by atoms with van der Waals surface area (Å²) in [7, 11) is 0. The molecule has 1 aliphatic carbocycles. The Balaban J connectivity index is 1.92. The summed E-state index contributed by atoms with van der Waals surface area (Å²) in [6, 6.07) is 4.73. The van der Waals surface area contributed by atoms with E-state index in [-0.39, 0.29) is 5.75 Å². The molecule has 6 heteroatoms. The molecule has 1 aromatic carbocycles. The fraction of sp³-hybridized carbons (Fsp3) is 0.600. The van der Waals surface area contributed by atoms with Gasteiger partial charge >= 0.3 is 6.36 Å². The van der Waals surface area contributed by atoms with Crippen LogP contribution >= 0.6 is 15.9 Å². The van der Waals surface area contributed by atoms with E-state index in [0.717, 1.165) is 6.54 Å². The number of hydrogen-bond acceptors (Lipinski definition) is 2. The monoisotopic (exact) mass is 365 g/mol. The van der Waals surface area contributed by atoms with Crippen molar-refractivity contribution in [3.8, 4) is 5.75 Å². The molecule has 0 saturated heterocycles. The molecule has 0 amide bonds. The average Bonchev–Trinajstić information content (AvgIpc) is 2.41. The normalized spacial score (nSPS) is 17.0. The van der Waals surface area contributed by atoms with Crippen molar-refractivity contribution < 1.29 is 17.9 Å². The molecular weight excluding hydrogens is 347 g/mol. The minimum Gasteiger partial charge on any atom is -0.405 e. The van der Waals surface area contributed by atoms with Crippen LogP contribution in [0.4, 0.5) is 13.2 Å². The summed E-state index contributed by atoms with van der Waals surface area (Å²) in [5.41, 5.74) is 0.520. The van der Waals surface area contributed by atoms with Crippen molar-refractivity contribution in [3.05, 3.63) is 28.2 Å². The topological polar surface area (TPSA) is 21.3 Å². The molecule has 1 fully saturated rings. The molecule has 0 aliphatic heterocycles. The lowest BCUT2D eigenvalue weighted by Crippen LogP contribution is -2.25. The molecule has 0 spiro atoms. The van der Waals surface area contributed by atoms with E-state index in [4.69, 9.17) is 0 Å². The van der Waals surface area contributed by atoms with E-state index in [1.54, 1.807) is 12.1 Å². The summed E-state index contributed by atoms with van der Waals surface area (Å²) in [5.74, 6) is 0.495. The standard InChI is InChI=1S/C15H19BrF3NO/c16-13-7-6-12(14(8-13)21-15(17,18)19)10-20-9-11-4-2-1-3-5-11/h6-8,11,20H,1-5,9-10H2. The first-order valence-electron chi connectivity index (χ1n) is 7.19. The van der Waals surface area contributed by atoms with Crippen LogP contribution in [0.1, 0.15) is 37.7 Å². The molecule has 2 rings (SSSR count). The maximum atomic E-state index is 12.4. The van der Waals surface area contributed by atoms with Gasteiger partial charge in [-0.2, -0.15) is 0 Å². The molecule has 0 aromatic heterocycles. The summed E-state index contributed by atoms with van der Waals surface area (Å²) in [4.78, 5) is 0. The lowest BCUT2D eigenvalue weighted by Gasteiger charge is -2.22. The second kappa shape index (κ2) is 7.49. The smallest absolute Gasteiger partial charge is 0.405 e. The maximum absolute atomic E-state index is 12.4. The summed E-state index contributed by atoms with van der Waals surface area (Å²) in [6.45, 7) is 1.23. The van der Waals surface area contributed by atoms with Crippen LogP contribution in [-0.2, 0) is 6.54 Å². The minimum atomic E-state index is -4.67. The van der Waals surface area contributed by atoms with Gasteiger partial charge in [0.15, 0.2) is 0 Å².